The van der Waals surface area contributed by atoms with Gasteiger partial charge in [-0.05, 0) is 48.1 Å². The quantitative estimate of drug-likeness (QED) is 0.638. The van der Waals surface area contributed by atoms with E-state index in [0.717, 1.165) is 61.2 Å². The Morgan fingerprint density at radius 2 is 2.06 bits per heavy atom. The number of rotatable bonds is 8. The van der Waals surface area contributed by atoms with Crippen LogP contribution in [0.2, 0.25) is 0 Å². The van der Waals surface area contributed by atoms with E-state index in [1.807, 2.05) is 60.3 Å². The Balaban J connectivity index is 1.26. The van der Waals surface area contributed by atoms with Gasteiger partial charge < -0.3 is 14.8 Å². The van der Waals surface area contributed by atoms with E-state index in [0.29, 0.717) is 13.2 Å². The Bertz CT molecular complexity index is 861. The van der Waals surface area contributed by atoms with Crippen LogP contribution in [0.25, 0.3) is 6.08 Å². The molecule has 0 aliphatic carbocycles. The molecule has 2 aliphatic heterocycles. The van der Waals surface area contributed by atoms with Crippen LogP contribution in [0.15, 0.2) is 54.7 Å². The summed E-state index contributed by atoms with van der Waals surface area (Å²) in [7, 11) is 0. The Kier molecular flexibility index (Phi) is 7.61. The maximum Gasteiger partial charge on any atom is 0.244 e. The Hall–Kier alpha value is -2.35. The maximum atomic E-state index is 12.4. The fourth-order valence-corrected chi connectivity index (χ4v) is 5.41. The third-order valence-electron chi connectivity index (χ3n) is 5.78. The first kappa shape index (κ1) is 21.9. The van der Waals surface area contributed by atoms with Crippen molar-refractivity contribution in [2.24, 2.45) is 0 Å². The lowest BCUT2D eigenvalue weighted by molar-refractivity contribution is -0.117. The van der Waals surface area contributed by atoms with E-state index in [2.05, 4.69) is 15.2 Å². The molecule has 2 aromatic rings. The van der Waals surface area contributed by atoms with Crippen molar-refractivity contribution in [2.75, 3.05) is 44.4 Å². The number of pyridine rings is 1. The number of amides is 1. The van der Waals surface area contributed by atoms with E-state index in [9.17, 15) is 4.79 Å². The molecule has 1 N–H and O–H groups in total. The summed E-state index contributed by atoms with van der Waals surface area (Å²) in [5, 5.41) is 3.13. The number of nitrogens with one attached hydrogen (secondary N) is 1. The average molecular weight is 440 g/mol. The molecular formula is C24H29N3O3S. The second-order valence-corrected chi connectivity index (χ2v) is 8.96. The lowest BCUT2D eigenvalue weighted by Gasteiger charge is -2.42. The number of hydrogen-bond donors (Lipinski definition) is 1. The van der Waals surface area contributed by atoms with Gasteiger partial charge >= 0.3 is 0 Å². The van der Waals surface area contributed by atoms with Crippen LogP contribution >= 0.6 is 11.8 Å². The fraction of sp³-hybridized carbons (Fsp3) is 0.417. The number of benzene rings is 1. The molecule has 6 nitrogen and oxygen atoms in total. The van der Waals surface area contributed by atoms with Gasteiger partial charge in [-0.2, -0.15) is 11.8 Å². The molecule has 4 rings (SSSR count). The minimum Gasteiger partial charge on any atom is -0.487 e. The third kappa shape index (κ3) is 6.09. The summed E-state index contributed by atoms with van der Waals surface area (Å²) in [6.45, 7) is 4.57. The van der Waals surface area contributed by atoms with E-state index in [1.165, 1.54) is 0 Å². The molecule has 0 spiro atoms. The van der Waals surface area contributed by atoms with Crippen LogP contribution in [0.5, 0.6) is 5.75 Å². The molecular weight excluding hydrogens is 410 g/mol. The lowest BCUT2D eigenvalue weighted by atomic mass is 9.95. The Labute approximate surface area is 188 Å². The van der Waals surface area contributed by atoms with Gasteiger partial charge in [-0.25, -0.2) is 0 Å². The second-order valence-electron chi connectivity index (χ2n) is 7.86. The maximum absolute atomic E-state index is 12.4. The molecule has 2 saturated heterocycles. The van der Waals surface area contributed by atoms with Gasteiger partial charge in [0.25, 0.3) is 0 Å². The van der Waals surface area contributed by atoms with Crippen molar-refractivity contribution in [3.63, 3.8) is 0 Å². The predicted molar refractivity (Wildman–Crippen MR) is 124 cm³/mol. The van der Waals surface area contributed by atoms with Crippen molar-refractivity contribution >= 4 is 23.7 Å². The summed E-state index contributed by atoms with van der Waals surface area (Å²) in [6.07, 6.45) is 6.31. The first-order chi connectivity index (χ1) is 15.2. The highest BCUT2D eigenvalue weighted by Crippen LogP contribution is 2.33. The number of carbonyl (C=O) groups is 1. The number of thioether (sulfide) groups is 1. The van der Waals surface area contributed by atoms with Crippen molar-refractivity contribution in [2.45, 2.75) is 18.6 Å². The van der Waals surface area contributed by atoms with Crippen LogP contribution in [0.3, 0.4) is 0 Å². The van der Waals surface area contributed by atoms with Crippen molar-refractivity contribution < 1.29 is 14.3 Å². The molecule has 2 aliphatic rings. The van der Waals surface area contributed by atoms with Gasteiger partial charge in [0.1, 0.15) is 12.4 Å². The molecule has 1 aromatic heterocycles. The average Bonchev–Trinajstić information content (AvgIpc) is 3.32. The highest BCUT2D eigenvalue weighted by atomic mass is 32.2. The minimum absolute atomic E-state index is 0.0555. The topological polar surface area (TPSA) is 63.7 Å². The van der Waals surface area contributed by atoms with E-state index >= 15 is 0 Å². The first-order valence-corrected chi connectivity index (χ1v) is 11.9. The molecule has 0 saturated carbocycles. The van der Waals surface area contributed by atoms with Gasteiger partial charge in [-0.15, -0.1) is 0 Å². The molecule has 1 aromatic carbocycles. The number of nitrogens with zero attached hydrogens (tertiary/aromatic N) is 2. The van der Waals surface area contributed by atoms with E-state index < -0.39 is 0 Å². The molecule has 0 radical (unpaired) electrons. The molecule has 31 heavy (non-hydrogen) atoms. The number of hydrogen-bond acceptors (Lipinski definition) is 6. The Morgan fingerprint density at radius 1 is 1.23 bits per heavy atom. The molecule has 3 heterocycles. The van der Waals surface area contributed by atoms with Crippen LogP contribution in [0.4, 0.5) is 0 Å². The second kappa shape index (κ2) is 10.8. The largest absolute Gasteiger partial charge is 0.487 e. The molecule has 0 bridgehead atoms. The summed E-state index contributed by atoms with van der Waals surface area (Å²) >= 11 is 1.97. The lowest BCUT2D eigenvalue weighted by Crippen LogP contribution is -2.59. The summed E-state index contributed by atoms with van der Waals surface area (Å²) in [4.78, 5) is 19.2. The van der Waals surface area contributed by atoms with Crippen LogP contribution < -0.4 is 10.1 Å². The number of aromatic nitrogens is 1. The van der Waals surface area contributed by atoms with Crippen molar-refractivity contribution in [1.82, 2.24) is 15.2 Å². The molecule has 7 heteroatoms. The standard InChI is InChI=1S/C24H29N3O3S/c28-23(26-18-24(10-16-31-19-24)27-12-14-29-15-13-27)9-6-20-4-7-22(8-5-20)30-17-21-3-1-2-11-25-21/h1-9,11H,10,12-19H2,(H,26,28). The Morgan fingerprint density at radius 3 is 2.77 bits per heavy atom. The summed E-state index contributed by atoms with van der Waals surface area (Å²) in [6, 6.07) is 13.5. The molecule has 164 valence electrons. The normalized spacial score (nSPS) is 21.9. The molecule has 1 unspecified atom stereocenters. The zero-order chi connectivity index (χ0) is 21.4. The van der Waals surface area contributed by atoms with Gasteiger partial charge in [0, 0.05) is 43.2 Å². The van der Waals surface area contributed by atoms with E-state index in [-0.39, 0.29) is 11.4 Å². The van der Waals surface area contributed by atoms with Gasteiger partial charge in [-0.1, -0.05) is 18.2 Å². The van der Waals surface area contributed by atoms with Crippen LogP contribution in [-0.2, 0) is 16.1 Å². The smallest absolute Gasteiger partial charge is 0.244 e. The molecule has 2 fully saturated rings. The van der Waals surface area contributed by atoms with Crippen LogP contribution in [0, 0.1) is 0 Å². The fourth-order valence-electron chi connectivity index (χ4n) is 3.93. The van der Waals surface area contributed by atoms with Gasteiger partial charge in [0.2, 0.25) is 5.91 Å². The van der Waals surface area contributed by atoms with Gasteiger partial charge in [-0.3, -0.25) is 14.7 Å². The van der Waals surface area contributed by atoms with Crippen molar-refractivity contribution in [1.29, 1.82) is 0 Å². The minimum atomic E-state index is -0.0555. The number of carbonyl (C=O) groups excluding carboxylic acids is 1. The SMILES string of the molecule is O=C(C=Cc1ccc(OCc2ccccn2)cc1)NCC1(N2CCOCC2)CCSC1. The van der Waals surface area contributed by atoms with Crippen LogP contribution in [0.1, 0.15) is 17.7 Å². The summed E-state index contributed by atoms with van der Waals surface area (Å²) in [5.41, 5.74) is 1.91. The van der Waals surface area contributed by atoms with E-state index in [4.69, 9.17) is 9.47 Å². The van der Waals surface area contributed by atoms with Crippen LogP contribution in [-0.4, -0.2) is 65.7 Å². The summed E-state index contributed by atoms with van der Waals surface area (Å²) in [5.74, 6) is 2.94. The molecule has 1 atom stereocenters. The highest BCUT2D eigenvalue weighted by molar-refractivity contribution is 7.99. The summed E-state index contributed by atoms with van der Waals surface area (Å²) < 4.78 is 11.3. The molecule has 1 amide bonds. The predicted octanol–water partition coefficient (Wildman–Crippen LogP) is 3.00. The first-order valence-electron chi connectivity index (χ1n) is 10.7. The van der Waals surface area contributed by atoms with E-state index in [1.54, 1.807) is 12.3 Å². The number of morpholine rings is 1. The van der Waals surface area contributed by atoms with Crippen molar-refractivity contribution in [3.8, 4) is 5.75 Å². The highest BCUT2D eigenvalue weighted by Gasteiger charge is 2.40. The van der Waals surface area contributed by atoms with Gasteiger partial charge in [0.05, 0.1) is 18.9 Å². The zero-order valence-corrected chi connectivity index (χ0v) is 18.5. The van der Waals surface area contributed by atoms with Crippen molar-refractivity contribution in [3.05, 3.63) is 66.0 Å². The monoisotopic (exact) mass is 439 g/mol. The van der Waals surface area contributed by atoms with Gasteiger partial charge in [0.15, 0.2) is 0 Å². The third-order valence-corrected chi connectivity index (χ3v) is 7.01. The number of ether oxygens (including phenoxy) is 2. The zero-order valence-electron chi connectivity index (χ0n) is 17.7.